The molecule has 0 saturated carbocycles. The zero-order chi connectivity index (χ0) is 22.1. The molecular weight excluding hydrogens is 408 g/mol. The van der Waals surface area contributed by atoms with Crippen LogP contribution in [-0.4, -0.2) is 57.1 Å². The lowest BCUT2D eigenvalue weighted by Crippen LogP contribution is -2.46. The van der Waals surface area contributed by atoms with E-state index in [-0.39, 0.29) is 22.5 Å². The molecule has 0 spiro atoms. The van der Waals surface area contributed by atoms with Gasteiger partial charge in [-0.1, -0.05) is 13.0 Å². The minimum Gasteiger partial charge on any atom is -0.477 e. The van der Waals surface area contributed by atoms with Crippen molar-refractivity contribution in [3.05, 3.63) is 63.3 Å². The molecule has 8 nitrogen and oxygen atoms in total. The zero-order valence-electron chi connectivity index (χ0n) is 16.9. The Hall–Kier alpha value is -3.40. The molecule has 4 rings (SSSR count). The summed E-state index contributed by atoms with van der Waals surface area (Å²) in [4.78, 5) is 37.0. The molecule has 1 aromatic carbocycles. The van der Waals surface area contributed by atoms with Gasteiger partial charge in [0, 0.05) is 38.3 Å². The van der Waals surface area contributed by atoms with Crippen molar-refractivity contribution >= 4 is 22.7 Å². The smallest absolute Gasteiger partial charge is 0.354 e. The van der Waals surface area contributed by atoms with E-state index in [1.54, 1.807) is 17.0 Å². The molecule has 0 bridgehead atoms. The van der Waals surface area contributed by atoms with Gasteiger partial charge in [-0.05, 0) is 24.6 Å². The second kappa shape index (κ2) is 8.38. The van der Waals surface area contributed by atoms with E-state index < -0.39 is 17.7 Å². The van der Waals surface area contributed by atoms with Crippen LogP contribution in [0.25, 0.3) is 11.0 Å². The monoisotopic (exact) mass is 429 g/mol. The number of aromatic carboxylic acids is 1. The first kappa shape index (κ1) is 20.9. The van der Waals surface area contributed by atoms with Crippen LogP contribution in [0.3, 0.4) is 0 Å². The average Bonchev–Trinajstić information content (AvgIpc) is 2.76. The van der Waals surface area contributed by atoms with Crippen molar-refractivity contribution in [3.8, 4) is 0 Å². The topological polar surface area (TPSA) is 102 Å². The number of hydrogen-bond acceptors (Lipinski definition) is 6. The molecule has 0 aliphatic carbocycles. The summed E-state index contributed by atoms with van der Waals surface area (Å²) in [5.41, 5.74) is 0.849. The maximum Gasteiger partial charge on any atom is 0.354 e. The molecule has 0 radical (unpaired) electrons. The van der Waals surface area contributed by atoms with Crippen molar-refractivity contribution in [2.24, 2.45) is 0 Å². The number of anilines is 1. The first-order valence-electron chi connectivity index (χ1n) is 9.94. The van der Waals surface area contributed by atoms with Gasteiger partial charge >= 0.3 is 5.97 Å². The Morgan fingerprint density at radius 2 is 1.87 bits per heavy atom. The Morgan fingerprint density at radius 1 is 1.13 bits per heavy atom. The number of pyridine rings is 1. The molecule has 0 unspecified atom stereocenters. The fourth-order valence-corrected chi connectivity index (χ4v) is 3.73. The van der Waals surface area contributed by atoms with Crippen LogP contribution in [0.5, 0.6) is 0 Å². The highest BCUT2D eigenvalue weighted by atomic mass is 19.1. The molecular formula is C21H21F2N5O3. The normalized spacial score (nSPS) is 14.9. The van der Waals surface area contributed by atoms with Crippen molar-refractivity contribution in [3.63, 3.8) is 0 Å². The van der Waals surface area contributed by atoms with Gasteiger partial charge in [-0.3, -0.25) is 9.69 Å². The molecule has 31 heavy (non-hydrogen) atoms. The number of carboxylic acid groups (broad SMARTS) is 1. The third-order valence-electron chi connectivity index (χ3n) is 5.45. The molecule has 3 aromatic rings. The lowest BCUT2D eigenvalue weighted by molar-refractivity contribution is 0.0689. The number of aryl methyl sites for hydroxylation is 1. The number of aromatic nitrogens is 3. The number of rotatable bonds is 5. The van der Waals surface area contributed by atoms with Gasteiger partial charge in [-0.25, -0.2) is 19.2 Å². The third kappa shape index (κ3) is 4.11. The second-order valence-corrected chi connectivity index (χ2v) is 7.37. The van der Waals surface area contributed by atoms with E-state index in [1.807, 2.05) is 11.8 Å². The van der Waals surface area contributed by atoms with E-state index in [4.69, 9.17) is 5.11 Å². The number of piperazine rings is 1. The van der Waals surface area contributed by atoms with Gasteiger partial charge in [0.2, 0.25) is 5.95 Å². The van der Waals surface area contributed by atoms with Crippen LogP contribution in [0.2, 0.25) is 0 Å². The Balaban J connectivity index is 1.47. The standard InChI is InChI=1S/C21H21F2N5O3/c1-2-13-20(29)26-18-14(24-13)4-3-12(17(18)22)11-27-7-9-28(10-8-27)16-6-5-15(21(30)31)25-19(16)23/h3-6H,2,7-11H2,1H3,(H,26,29)(H,30,31). The summed E-state index contributed by atoms with van der Waals surface area (Å²) in [6, 6.07) is 6.06. The van der Waals surface area contributed by atoms with Gasteiger partial charge < -0.3 is 15.0 Å². The van der Waals surface area contributed by atoms with Crippen LogP contribution in [0.15, 0.2) is 29.1 Å². The minimum absolute atomic E-state index is 0.102. The lowest BCUT2D eigenvalue weighted by Gasteiger charge is -2.36. The van der Waals surface area contributed by atoms with E-state index in [9.17, 15) is 18.4 Å². The Labute approximate surface area is 176 Å². The maximum atomic E-state index is 15.0. The molecule has 2 aromatic heterocycles. The molecule has 3 heterocycles. The number of carbonyl (C=O) groups is 1. The van der Waals surface area contributed by atoms with Gasteiger partial charge in [-0.15, -0.1) is 0 Å². The van der Waals surface area contributed by atoms with Crippen molar-refractivity contribution in [1.29, 1.82) is 0 Å². The predicted octanol–water partition coefficient (Wildman–Crippen LogP) is 2.18. The van der Waals surface area contributed by atoms with Gasteiger partial charge in [0.05, 0.1) is 11.2 Å². The van der Waals surface area contributed by atoms with Crippen molar-refractivity contribution in [1.82, 2.24) is 19.9 Å². The van der Waals surface area contributed by atoms with Gasteiger partial charge in [0.25, 0.3) is 5.56 Å². The van der Waals surface area contributed by atoms with Crippen LogP contribution in [0.1, 0.15) is 28.7 Å². The maximum absolute atomic E-state index is 15.0. The fraction of sp³-hybridized carbons (Fsp3) is 0.333. The van der Waals surface area contributed by atoms with Gasteiger partial charge in [0.1, 0.15) is 11.2 Å². The summed E-state index contributed by atoms with van der Waals surface area (Å²) >= 11 is 0. The van der Waals surface area contributed by atoms with Crippen molar-refractivity contribution < 1.29 is 18.7 Å². The summed E-state index contributed by atoms with van der Waals surface area (Å²) in [6.45, 7) is 4.24. The number of aromatic amines is 1. The van der Waals surface area contributed by atoms with E-state index in [2.05, 4.69) is 15.0 Å². The Kier molecular flexibility index (Phi) is 5.64. The number of fused-ring (bicyclic) bond motifs is 1. The number of nitrogens with one attached hydrogen (secondary N) is 1. The summed E-state index contributed by atoms with van der Waals surface area (Å²) in [5.74, 6) is -2.60. The molecule has 1 aliphatic rings. The summed E-state index contributed by atoms with van der Waals surface area (Å²) in [6.07, 6.45) is 0.466. The first-order chi connectivity index (χ1) is 14.9. The molecule has 1 saturated heterocycles. The van der Waals surface area contributed by atoms with Crippen LogP contribution in [0, 0.1) is 11.8 Å². The SMILES string of the molecule is CCc1nc2ccc(CN3CCN(c4ccc(C(=O)O)nc4F)CC3)c(F)c2[nH]c1=O. The minimum atomic E-state index is -1.28. The Bertz CT molecular complexity index is 1210. The van der Waals surface area contributed by atoms with Crippen molar-refractivity contribution in [2.75, 3.05) is 31.1 Å². The predicted molar refractivity (Wildman–Crippen MR) is 110 cm³/mol. The highest BCUT2D eigenvalue weighted by Crippen LogP contribution is 2.22. The van der Waals surface area contributed by atoms with Gasteiger partial charge in [0.15, 0.2) is 11.5 Å². The molecule has 10 heteroatoms. The molecule has 1 fully saturated rings. The lowest BCUT2D eigenvalue weighted by atomic mass is 10.1. The number of H-pyrrole nitrogens is 1. The number of benzene rings is 1. The van der Waals surface area contributed by atoms with Crippen molar-refractivity contribution in [2.45, 2.75) is 19.9 Å². The average molecular weight is 429 g/mol. The Morgan fingerprint density at radius 3 is 2.52 bits per heavy atom. The van der Waals surface area contributed by atoms with Crippen LogP contribution in [0.4, 0.5) is 14.5 Å². The molecule has 162 valence electrons. The number of hydrogen-bond donors (Lipinski definition) is 2. The third-order valence-corrected chi connectivity index (χ3v) is 5.45. The highest BCUT2D eigenvalue weighted by Gasteiger charge is 2.22. The fourth-order valence-electron chi connectivity index (χ4n) is 3.73. The van der Waals surface area contributed by atoms with E-state index in [1.165, 1.54) is 12.1 Å². The molecule has 1 aliphatic heterocycles. The quantitative estimate of drug-likeness (QED) is 0.600. The molecule has 0 amide bonds. The number of halogens is 2. The first-order valence-corrected chi connectivity index (χ1v) is 9.94. The summed E-state index contributed by atoms with van der Waals surface area (Å²) in [5, 5.41) is 8.91. The number of carboxylic acids is 1. The van der Waals surface area contributed by atoms with Crippen LogP contribution in [-0.2, 0) is 13.0 Å². The summed E-state index contributed by atoms with van der Waals surface area (Å²) in [7, 11) is 0. The zero-order valence-corrected chi connectivity index (χ0v) is 16.9. The van der Waals surface area contributed by atoms with E-state index in [0.717, 1.165) is 0 Å². The van der Waals surface area contributed by atoms with Crippen LogP contribution < -0.4 is 10.5 Å². The summed E-state index contributed by atoms with van der Waals surface area (Å²) < 4.78 is 29.2. The highest BCUT2D eigenvalue weighted by molar-refractivity contribution is 5.85. The van der Waals surface area contributed by atoms with E-state index >= 15 is 0 Å². The molecule has 2 N–H and O–H groups in total. The molecule has 0 atom stereocenters. The van der Waals surface area contributed by atoms with Gasteiger partial charge in [-0.2, -0.15) is 4.39 Å². The largest absolute Gasteiger partial charge is 0.477 e. The van der Waals surface area contributed by atoms with Crippen LogP contribution >= 0.6 is 0 Å². The second-order valence-electron chi connectivity index (χ2n) is 7.37. The number of nitrogens with zero attached hydrogens (tertiary/aromatic N) is 4. The van der Waals surface area contributed by atoms with E-state index in [0.29, 0.717) is 55.9 Å².